The quantitative estimate of drug-likeness (QED) is 0.670. The summed E-state index contributed by atoms with van der Waals surface area (Å²) in [6, 6.07) is 3.54. The van der Waals surface area contributed by atoms with Gasteiger partial charge in [-0.3, -0.25) is 0 Å². The van der Waals surface area contributed by atoms with Crippen molar-refractivity contribution < 1.29 is 4.52 Å². The zero-order chi connectivity index (χ0) is 15.0. The Morgan fingerprint density at radius 1 is 1.19 bits per heavy atom. The molecule has 0 saturated carbocycles. The lowest BCUT2D eigenvalue weighted by Crippen LogP contribution is -2.06. The van der Waals surface area contributed by atoms with E-state index in [1.807, 2.05) is 4.57 Å². The molecule has 0 bridgehead atoms. The minimum Gasteiger partial charge on any atom is -0.340 e. The van der Waals surface area contributed by atoms with Gasteiger partial charge in [-0.2, -0.15) is 4.98 Å². The highest BCUT2D eigenvalue weighted by atomic mass is 35.5. The van der Waals surface area contributed by atoms with Gasteiger partial charge in [0.25, 0.3) is 0 Å². The number of rotatable bonds is 4. The third-order valence-corrected chi connectivity index (χ3v) is 4.08. The van der Waals surface area contributed by atoms with Crippen LogP contribution in [0.25, 0.3) is 11.0 Å². The lowest BCUT2D eigenvalue weighted by Gasteiger charge is -2.06. The summed E-state index contributed by atoms with van der Waals surface area (Å²) in [4.78, 5) is 8.66. The number of alkyl halides is 1. The fraction of sp³-hybridized carbons (Fsp3) is 0.308. The number of imidazole rings is 1. The van der Waals surface area contributed by atoms with E-state index in [1.54, 1.807) is 19.1 Å². The molecular formula is C13H11Cl3N4O. The van der Waals surface area contributed by atoms with Gasteiger partial charge in [0.1, 0.15) is 5.82 Å². The van der Waals surface area contributed by atoms with Crippen molar-refractivity contribution in [1.29, 1.82) is 0 Å². The molecule has 3 rings (SSSR count). The molecule has 0 unspecified atom stereocenters. The molecule has 5 nitrogen and oxygen atoms in total. The molecule has 0 spiro atoms. The van der Waals surface area contributed by atoms with Gasteiger partial charge < -0.3 is 9.09 Å². The lowest BCUT2D eigenvalue weighted by molar-refractivity contribution is 0.386. The summed E-state index contributed by atoms with van der Waals surface area (Å²) in [5.74, 6) is 2.25. The SMILES string of the molecule is Cc1nc(CCn2c(CCl)nc3cc(Cl)c(Cl)cc32)no1. The number of fused-ring (bicyclic) bond motifs is 1. The Morgan fingerprint density at radius 2 is 1.95 bits per heavy atom. The molecule has 0 fully saturated rings. The molecule has 0 aliphatic heterocycles. The van der Waals surface area contributed by atoms with Crippen LogP contribution in [-0.2, 0) is 18.8 Å². The van der Waals surface area contributed by atoms with Crippen LogP contribution < -0.4 is 0 Å². The van der Waals surface area contributed by atoms with Crippen molar-refractivity contribution in [3.63, 3.8) is 0 Å². The topological polar surface area (TPSA) is 56.7 Å². The van der Waals surface area contributed by atoms with Crippen LogP contribution in [0.15, 0.2) is 16.7 Å². The maximum atomic E-state index is 6.09. The maximum Gasteiger partial charge on any atom is 0.223 e. The van der Waals surface area contributed by atoms with Gasteiger partial charge in [0, 0.05) is 19.9 Å². The van der Waals surface area contributed by atoms with E-state index < -0.39 is 0 Å². The van der Waals surface area contributed by atoms with Gasteiger partial charge in [0.15, 0.2) is 5.82 Å². The Hall–Kier alpha value is -1.30. The second-order valence-electron chi connectivity index (χ2n) is 4.55. The fourth-order valence-electron chi connectivity index (χ4n) is 2.18. The van der Waals surface area contributed by atoms with E-state index in [2.05, 4.69) is 15.1 Å². The highest BCUT2D eigenvalue weighted by Gasteiger charge is 2.13. The highest BCUT2D eigenvalue weighted by Crippen LogP contribution is 2.28. The summed E-state index contributed by atoms with van der Waals surface area (Å²) in [7, 11) is 0. The third-order valence-electron chi connectivity index (χ3n) is 3.12. The molecule has 21 heavy (non-hydrogen) atoms. The second-order valence-corrected chi connectivity index (χ2v) is 5.63. The first-order valence-corrected chi connectivity index (χ1v) is 7.57. The number of aryl methyl sites for hydroxylation is 3. The monoisotopic (exact) mass is 344 g/mol. The maximum absolute atomic E-state index is 6.09. The molecule has 110 valence electrons. The minimum absolute atomic E-state index is 0.301. The summed E-state index contributed by atoms with van der Waals surface area (Å²) >= 11 is 18.1. The van der Waals surface area contributed by atoms with Gasteiger partial charge in [-0.15, -0.1) is 11.6 Å². The Balaban J connectivity index is 1.97. The Kier molecular flexibility index (Phi) is 4.06. The molecule has 2 aromatic heterocycles. The van der Waals surface area contributed by atoms with E-state index in [1.165, 1.54) is 0 Å². The first-order chi connectivity index (χ1) is 10.1. The summed E-state index contributed by atoms with van der Waals surface area (Å²) in [5, 5.41) is 4.85. The average Bonchev–Trinajstić information content (AvgIpc) is 3.01. The zero-order valence-electron chi connectivity index (χ0n) is 11.1. The van der Waals surface area contributed by atoms with Crippen LogP contribution in [0.5, 0.6) is 0 Å². The normalized spacial score (nSPS) is 11.4. The van der Waals surface area contributed by atoms with Crippen molar-refractivity contribution in [2.75, 3.05) is 0 Å². The fourth-order valence-corrected chi connectivity index (χ4v) is 2.70. The van der Waals surface area contributed by atoms with Gasteiger partial charge in [-0.1, -0.05) is 28.4 Å². The third kappa shape index (κ3) is 2.86. The smallest absolute Gasteiger partial charge is 0.223 e. The Morgan fingerprint density at radius 3 is 2.62 bits per heavy atom. The van der Waals surface area contributed by atoms with Crippen molar-refractivity contribution in [2.45, 2.75) is 25.8 Å². The highest BCUT2D eigenvalue weighted by molar-refractivity contribution is 6.42. The summed E-state index contributed by atoms with van der Waals surface area (Å²) in [5.41, 5.74) is 1.66. The largest absolute Gasteiger partial charge is 0.340 e. The van der Waals surface area contributed by atoms with Gasteiger partial charge in [0.05, 0.1) is 27.0 Å². The van der Waals surface area contributed by atoms with Crippen molar-refractivity contribution in [3.8, 4) is 0 Å². The van der Waals surface area contributed by atoms with Crippen molar-refractivity contribution in [2.24, 2.45) is 0 Å². The molecule has 0 amide bonds. The van der Waals surface area contributed by atoms with Crippen molar-refractivity contribution >= 4 is 45.8 Å². The number of halogens is 3. The lowest BCUT2D eigenvalue weighted by atomic mass is 10.3. The van der Waals surface area contributed by atoms with Crippen molar-refractivity contribution in [1.82, 2.24) is 19.7 Å². The van der Waals surface area contributed by atoms with Crippen LogP contribution in [-0.4, -0.2) is 19.7 Å². The molecule has 1 aromatic carbocycles. The van der Waals surface area contributed by atoms with E-state index in [4.69, 9.17) is 39.3 Å². The van der Waals surface area contributed by atoms with E-state index in [9.17, 15) is 0 Å². The first kappa shape index (κ1) is 14.6. The molecule has 0 N–H and O–H groups in total. The van der Waals surface area contributed by atoms with Crippen LogP contribution in [0.2, 0.25) is 10.0 Å². The summed E-state index contributed by atoms with van der Waals surface area (Å²) in [6.45, 7) is 2.39. The van der Waals surface area contributed by atoms with Gasteiger partial charge in [-0.25, -0.2) is 4.98 Å². The second kappa shape index (κ2) is 5.83. The average molecular weight is 346 g/mol. The molecule has 2 heterocycles. The van der Waals surface area contributed by atoms with E-state index >= 15 is 0 Å². The van der Waals surface area contributed by atoms with Gasteiger partial charge in [-0.05, 0) is 12.1 Å². The molecule has 0 radical (unpaired) electrons. The standard InChI is InChI=1S/C13H11Cl3N4O/c1-7-17-12(19-21-7)2-3-20-11-5-9(16)8(15)4-10(11)18-13(20)6-14/h4-5H,2-3,6H2,1H3. The van der Waals surface area contributed by atoms with Gasteiger partial charge in [0.2, 0.25) is 5.89 Å². The molecule has 0 saturated heterocycles. The number of hydrogen-bond donors (Lipinski definition) is 0. The minimum atomic E-state index is 0.301. The van der Waals surface area contributed by atoms with Gasteiger partial charge >= 0.3 is 0 Å². The van der Waals surface area contributed by atoms with Crippen molar-refractivity contribution in [3.05, 3.63) is 39.7 Å². The molecule has 0 aliphatic carbocycles. The number of benzene rings is 1. The predicted molar refractivity (Wildman–Crippen MR) is 82.0 cm³/mol. The summed E-state index contributed by atoms with van der Waals surface area (Å²) < 4.78 is 6.96. The number of nitrogens with zero attached hydrogens (tertiary/aromatic N) is 4. The molecule has 8 heteroatoms. The molecule has 0 atom stereocenters. The van der Waals surface area contributed by atoms with Crippen LogP contribution in [0.3, 0.4) is 0 Å². The van der Waals surface area contributed by atoms with Crippen LogP contribution in [0, 0.1) is 6.92 Å². The molecule has 0 aliphatic rings. The molecule has 3 aromatic rings. The van der Waals surface area contributed by atoms with E-state index in [0.29, 0.717) is 40.6 Å². The first-order valence-electron chi connectivity index (χ1n) is 6.28. The van der Waals surface area contributed by atoms with Crippen LogP contribution in [0.4, 0.5) is 0 Å². The van der Waals surface area contributed by atoms with E-state index in [-0.39, 0.29) is 0 Å². The molecular weight excluding hydrogens is 335 g/mol. The zero-order valence-corrected chi connectivity index (χ0v) is 13.4. The summed E-state index contributed by atoms with van der Waals surface area (Å²) in [6.07, 6.45) is 0.618. The Bertz CT molecular complexity index is 796. The number of aromatic nitrogens is 4. The predicted octanol–water partition coefficient (Wildman–Crippen LogP) is 4.02. The van der Waals surface area contributed by atoms with E-state index in [0.717, 1.165) is 16.9 Å². The van der Waals surface area contributed by atoms with Crippen LogP contribution >= 0.6 is 34.8 Å². The van der Waals surface area contributed by atoms with Crippen LogP contribution in [0.1, 0.15) is 17.5 Å². The number of hydrogen-bond acceptors (Lipinski definition) is 4. The Labute approximate surface area is 135 Å².